The highest BCUT2D eigenvalue weighted by Crippen LogP contribution is 2.39. The van der Waals surface area contributed by atoms with Crippen LogP contribution in [-0.4, -0.2) is 20.7 Å². The van der Waals surface area contributed by atoms with E-state index in [0.717, 1.165) is 28.2 Å². The molecular formula is C22H16N4O2S. The molecule has 0 aliphatic heterocycles. The Morgan fingerprint density at radius 1 is 1.14 bits per heavy atom. The first-order chi connectivity index (χ1) is 14.1. The van der Waals surface area contributed by atoms with Crippen molar-refractivity contribution in [2.45, 2.75) is 17.2 Å². The minimum absolute atomic E-state index is 0.123. The van der Waals surface area contributed by atoms with Gasteiger partial charge in [0.05, 0.1) is 5.25 Å². The highest BCUT2D eigenvalue weighted by atomic mass is 32.2. The summed E-state index contributed by atoms with van der Waals surface area (Å²) in [6.45, 7) is 1.64. The number of H-pyrrole nitrogens is 2. The molecule has 2 N–H and O–H groups in total. The van der Waals surface area contributed by atoms with Crippen LogP contribution in [0.1, 0.15) is 32.4 Å². The maximum Gasteiger partial charge on any atom is 0.346 e. The van der Waals surface area contributed by atoms with Crippen LogP contribution in [-0.2, 0) is 0 Å². The van der Waals surface area contributed by atoms with E-state index >= 15 is 0 Å². The van der Waals surface area contributed by atoms with E-state index in [0.29, 0.717) is 11.3 Å². The fraction of sp³-hybridized carbons (Fsp3) is 0.0909. The van der Waals surface area contributed by atoms with Gasteiger partial charge in [-0.2, -0.15) is 10.2 Å². The van der Waals surface area contributed by atoms with Crippen molar-refractivity contribution in [3.63, 3.8) is 0 Å². The van der Waals surface area contributed by atoms with Gasteiger partial charge in [0.2, 0.25) is 0 Å². The average molecular weight is 400 g/mol. The molecule has 0 bridgehead atoms. The summed E-state index contributed by atoms with van der Waals surface area (Å²) in [6.07, 6.45) is 1.70. The van der Waals surface area contributed by atoms with Gasteiger partial charge in [0.15, 0.2) is 5.78 Å². The lowest BCUT2D eigenvalue weighted by molar-refractivity contribution is 0.0991. The molecule has 0 radical (unpaired) electrons. The molecule has 0 saturated heterocycles. The van der Waals surface area contributed by atoms with Crippen molar-refractivity contribution in [2.75, 3.05) is 0 Å². The number of ketones is 1. The van der Waals surface area contributed by atoms with Gasteiger partial charge in [-0.05, 0) is 18.6 Å². The first-order valence-corrected chi connectivity index (χ1v) is 9.79. The number of para-hydroxylation sites is 1. The molecule has 4 aromatic rings. The number of nitrogens with zero attached hydrogens (tertiary/aromatic N) is 2. The third-order valence-electron chi connectivity index (χ3n) is 4.62. The second-order valence-electron chi connectivity index (χ2n) is 6.48. The van der Waals surface area contributed by atoms with Crippen molar-refractivity contribution < 1.29 is 4.79 Å². The van der Waals surface area contributed by atoms with E-state index in [1.165, 1.54) is 0 Å². The van der Waals surface area contributed by atoms with Gasteiger partial charge in [0.1, 0.15) is 16.7 Å². The van der Waals surface area contributed by atoms with E-state index in [2.05, 4.69) is 21.0 Å². The summed E-state index contributed by atoms with van der Waals surface area (Å²) in [7, 11) is 0. The topological polar surface area (TPSA) is 102 Å². The Kier molecular flexibility index (Phi) is 5.02. The molecule has 0 aliphatic carbocycles. The summed E-state index contributed by atoms with van der Waals surface area (Å²) >= 11 is 1.12. The monoisotopic (exact) mass is 400 g/mol. The molecule has 4 rings (SSSR count). The number of Topliss-reactive ketones (excluding diaryl/α,β-unsaturated/α-hetero) is 1. The lowest BCUT2D eigenvalue weighted by atomic mass is 10.0. The van der Waals surface area contributed by atoms with Crippen LogP contribution < -0.4 is 5.69 Å². The number of aryl methyl sites for hydroxylation is 1. The fourth-order valence-corrected chi connectivity index (χ4v) is 4.41. The molecule has 142 valence electrons. The summed E-state index contributed by atoms with van der Waals surface area (Å²) in [5.41, 5.74) is 2.35. The molecule has 2 aromatic heterocycles. The quantitative estimate of drug-likeness (QED) is 0.298. The minimum atomic E-state index is -0.656. The Morgan fingerprint density at radius 2 is 1.86 bits per heavy atom. The Labute approximate surface area is 170 Å². The third kappa shape index (κ3) is 3.58. The second-order valence-corrected chi connectivity index (χ2v) is 7.57. The van der Waals surface area contributed by atoms with Crippen LogP contribution in [0.2, 0.25) is 0 Å². The van der Waals surface area contributed by atoms with Gasteiger partial charge >= 0.3 is 5.69 Å². The largest absolute Gasteiger partial charge is 0.360 e. The van der Waals surface area contributed by atoms with Crippen LogP contribution in [0.15, 0.2) is 70.6 Å². The normalized spacial score (nSPS) is 11.9. The van der Waals surface area contributed by atoms with Crippen molar-refractivity contribution in [1.29, 1.82) is 5.26 Å². The van der Waals surface area contributed by atoms with Gasteiger partial charge in [-0.1, -0.05) is 60.3 Å². The van der Waals surface area contributed by atoms with Crippen LogP contribution in [0.3, 0.4) is 0 Å². The Bertz CT molecular complexity index is 1300. The van der Waals surface area contributed by atoms with Gasteiger partial charge in [0.25, 0.3) is 0 Å². The summed E-state index contributed by atoms with van der Waals surface area (Å²) < 4.78 is 0. The van der Waals surface area contributed by atoms with Gasteiger partial charge < -0.3 is 9.97 Å². The molecule has 0 spiro atoms. The molecule has 7 heteroatoms. The van der Waals surface area contributed by atoms with Gasteiger partial charge in [-0.3, -0.25) is 4.79 Å². The smallest absolute Gasteiger partial charge is 0.346 e. The number of hydrogen-bond acceptors (Lipinski definition) is 5. The maximum atomic E-state index is 13.6. The van der Waals surface area contributed by atoms with Crippen LogP contribution in [0.4, 0.5) is 0 Å². The zero-order valence-electron chi connectivity index (χ0n) is 15.5. The zero-order valence-corrected chi connectivity index (χ0v) is 16.3. The third-order valence-corrected chi connectivity index (χ3v) is 5.86. The second kappa shape index (κ2) is 7.78. The molecule has 29 heavy (non-hydrogen) atoms. The van der Waals surface area contributed by atoms with Crippen molar-refractivity contribution >= 4 is 28.4 Å². The zero-order chi connectivity index (χ0) is 20.4. The number of aromatic amines is 2. The SMILES string of the molecule is Cc1[nH]c(=O)nc(S[C@H](C(=O)c2c[nH]c3ccccc23)c2ccccc2)c1C#N. The summed E-state index contributed by atoms with van der Waals surface area (Å²) in [5.74, 6) is -0.123. The summed E-state index contributed by atoms with van der Waals surface area (Å²) in [4.78, 5) is 35.1. The first kappa shape index (κ1) is 18.7. The van der Waals surface area contributed by atoms with Gasteiger partial charge in [-0.25, -0.2) is 4.79 Å². The fourth-order valence-electron chi connectivity index (χ4n) is 3.21. The van der Waals surface area contributed by atoms with Gasteiger partial charge in [0, 0.05) is 28.4 Å². The summed E-state index contributed by atoms with van der Waals surface area (Å²) in [5, 5.41) is 9.94. The molecule has 0 amide bonds. The standard InChI is InChI=1S/C22H16N4O2S/c1-13-16(11-23)21(26-22(28)25-13)29-20(14-7-3-2-4-8-14)19(27)17-12-24-18-10-6-5-9-15(17)18/h2-10,12,20,24H,1H3,(H,25,26,28)/t20-/m0/s1. The number of thioether (sulfide) groups is 1. The average Bonchev–Trinajstić information content (AvgIpc) is 3.16. The molecule has 0 fully saturated rings. The molecule has 2 heterocycles. The Hall–Kier alpha value is -3.63. The predicted octanol–water partition coefficient (Wildman–Crippen LogP) is 4.15. The minimum Gasteiger partial charge on any atom is -0.360 e. The molecule has 0 unspecified atom stereocenters. The molecule has 0 saturated carbocycles. The Balaban J connectivity index is 1.83. The van der Waals surface area contributed by atoms with E-state index in [1.807, 2.05) is 54.6 Å². The number of carbonyl (C=O) groups excluding carboxylic acids is 1. The molecule has 2 aromatic carbocycles. The number of aromatic nitrogens is 3. The highest BCUT2D eigenvalue weighted by molar-refractivity contribution is 8.00. The number of benzene rings is 2. The first-order valence-electron chi connectivity index (χ1n) is 8.91. The number of carbonyl (C=O) groups is 1. The van der Waals surface area contributed by atoms with Crippen molar-refractivity contribution in [2.24, 2.45) is 0 Å². The van der Waals surface area contributed by atoms with Crippen LogP contribution >= 0.6 is 11.8 Å². The highest BCUT2D eigenvalue weighted by Gasteiger charge is 2.27. The van der Waals surface area contributed by atoms with Crippen molar-refractivity contribution in [3.05, 3.63) is 93.7 Å². The van der Waals surface area contributed by atoms with Crippen molar-refractivity contribution in [3.8, 4) is 6.07 Å². The number of nitriles is 1. The molecular weight excluding hydrogens is 384 g/mol. The maximum absolute atomic E-state index is 13.6. The number of rotatable bonds is 5. The van der Waals surface area contributed by atoms with Gasteiger partial charge in [-0.15, -0.1) is 0 Å². The Morgan fingerprint density at radius 3 is 2.62 bits per heavy atom. The number of hydrogen-bond donors (Lipinski definition) is 2. The van der Waals surface area contributed by atoms with Crippen LogP contribution in [0.25, 0.3) is 10.9 Å². The summed E-state index contributed by atoms with van der Waals surface area (Å²) in [6, 6.07) is 19.0. The lowest BCUT2D eigenvalue weighted by Gasteiger charge is -2.16. The molecule has 1 atom stereocenters. The predicted molar refractivity (Wildman–Crippen MR) is 112 cm³/mol. The lowest BCUT2D eigenvalue weighted by Crippen LogP contribution is -2.16. The van der Waals surface area contributed by atoms with E-state index in [-0.39, 0.29) is 16.4 Å². The van der Waals surface area contributed by atoms with E-state index in [4.69, 9.17) is 0 Å². The number of nitrogens with one attached hydrogen (secondary N) is 2. The van der Waals surface area contributed by atoms with E-state index in [9.17, 15) is 14.9 Å². The van der Waals surface area contributed by atoms with Crippen LogP contribution in [0.5, 0.6) is 0 Å². The van der Waals surface area contributed by atoms with Crippen LogP contribution in [0, 0.1) is 18.3 Å². The molecule has 0 aliphatic rings. The van der Waals surface area contributed by atoms with E-state index < -0.39 is 10.9 Å². The molecule has 6 nitrogen and oxygen atoms in total. The van der Waals surface area contributed by atoms with E-state index in [1.54, 1.807) is 13.1 Å². The number of fused-ring (bicyclic) bond motifs is 1. The van der Waals surface area contributed by atoms with Crippen molar-refractivity contribution in [1.82, 2.24) is 15.0 Å².